The molecule has 5 rings (SSSR count). The van der Waals surface area contributed by atoms with Crippen LogP contribution >= 0.6 is 0 Å². The molecule has 0 aromatic heterocycles. The van der Waals surface area contributed by atoms with E-state index in [1.54, 1.807) is 5.56 Å². The van der Waals surface area contributed by atoms with Gasteiger partial charge in [-0.25, -0.2) is 0 Å². The van der Waals surface area contributed by atoms with Gasteiger partial charge in [-0.15, -0.1) is 0 Å². The molecule has 2 aliphatic heterocycles. The molecule has 0 bridgehead atoms. The molecule has 2 aromatic carbocycles. The summed E-state index contributed by atoms with van der Waals surface area (Å²) in [6.45, 7) is 6.84. The summed E-state index contributed by atoms with van der Waals surface area (Å²) >= 11 is 0. The molecule has 3 aliphatic rings. The maximum atomic E-state index is 5.99. The van der Waals surface area contributed by atoms with Crippen LogP contribution in [0.4, 0.5) is 11.4 Å². The Kier molecular flexibility index (Phi) is 5.23. The predicted molar refractivity (Wildman–Crippen MR) is 117 cm³/mol. The van der Waals surface area contributed by atoms with Crippen molar-refractivity contribution in [2.24, 2.45) is 0 Å². The molecule has 1 atom stereocenters. The predicted octanol–water partition coefficient (Wildman–Crippen LogP) is 3.67. The summed E-state index contributed by atoms with van der Waals surface area (Å²) in [5.41, 5.74) is 11.2. The molecular formula is C24H31N3O2. The number of rotatable bonds is 4. The molecular weight excluding hydrogens is 362 g/mol. The molecule has 29 heavy (non-hydrogen) atoms. The van der Waals surface area contributed by atoms with Crippen molar-refractivity contribution in [3.05, 3.63) is 47.5 Å². The van der Waals surface area contributed by atoms with Crippen molar-refractivity contribution >= 4 is 11.4 Å². The molecule has 2 N–H and O–H groups in total. The van der Waals surface area contributed by atoms with Gasteiger partial charge in [-0.05, 0) is 73.5 Å². The minimum absolute atomic E-state index is 0.640. The summed E-state index contributed by atoms with van der Waals surface area (Å²) in [6.07, 6.45) is 5.04. The standard InChI is InChI=1S/C24H31N3O2/c25-20-4-6-22-18(2-1-3-19(22)16-20)8-9-26-10-12-27(13-11-26)21-5-7-23-24(17-21)29-15-14-28-23/h4-7,16-18H,1-3,8-15,25H2. The lowest BCUT2D eigenvalue weighted by atomic mass is 9.81. The van der Waals surface area contributed by atoms with Crippen molar-refractivity contribution in [2.45, 2.75) is 31.6 Å². The second-order valence-corrected chi connectivity index (χ2v) is 8.49. The SMILES string of the molecule is Nc1ccc2c(c1)CCCC2CCN1CCN(c2ccc3c(c2)OCCO3)CC1. The van der Waals surface area contributed by atoms with E-state index in [1.165, 1.54) is 43.5 Å². The van der Waals surface area contributed by atoms with Crippen LogP contribution in [-0.4, -0.2) is 50.8 Å². The van der Waals surface area contributed by atoms with Crippen molar-refractivity contribution in [3.8, 4) is 11.5 Å². The Hall–Kier alpha value is -2.40. The first-order valence-corrected chi connectivity index (χ1v) is 11.0. The van der Waals surface area contributed by atoms with Crippen molar-refractivity contribution in [2.75, 3.05) is 56.6 Å². The lowest BCUT2D eigenvalue weighted by molar-refractivity contribution is 0.171. The number of nitrogen functional groups attached to an aromatic ring is 1. The van der Waals surface area contributed by atoms with E-state index < -0.39 is 0 Å². The maximum absolute atomic E-state index is 5.99. The van der Waals surface area contributed by atoms with E-state index in [4.69, 9.17) is 15.2 Å². The Morgan fingerprint density at radius 1 is 0.931 bits per heavy atom. The monoisotopic (exact) mass is 393 g/mol. The van der Waals surface area contributed by atoms with Crippen LogP contribution in [0, 0.1) is 0 Å². The van der Waals surface area contributed by atoms with Gasteiger partial charge in [0.15, 0.2) is 11.5 Å². The molecule has 0 amide bonds. The van der Waals surface area contributed by atoms with Crippen LogP contribution in [0.25, 0.3) is 0 Å². The smallest absolute Gasteiger partial charge is 0.163 e. The van der Waals surface area contributed by atoms with Crippen LogP contribution in [0.15, 0.2) is 36.4 Å². The highest BCUT2D eigenvalue weighted by molar-refractivity contribution is 5.57. The van der Waals surface area contributed by atoms with E-state index in [0.717, 1.165) is 43.4 Å². The van der Waals surface area contributed by atoms with Crippen molar-refractivity contribution in [3.63, 3.8) is 0 Å². The molecule has 0 radical (unpaired) electrons. The zero-order valence-electron chi connectivity index (χ0n) is 17.1. The average Bonchev–Trinajstić information content (AvgIpc) is 2.77. The lowest BCUT2D eigenvalue weighted by Crippen LogP contribution is -2.46. The quantitative estimate of drug-likeness (QED) is 0.803. The Labute approximate surface area is 173 Å². The molecule has 0 spiro atoms. The van der Waals surface area contributed by atoms with E-state index in [1.807, 2.05) is 6.07 Å². The minimum atomic E-state index is 0.640. The number of nitrogens with two attached hydrogens (primary N) is 1. The summed E-state index contributed by atoms with van der Waals surface area (Å²) in [5, 5.41) is 0. The first-order valence-electron chi connectivity index (χ1n) is 11.0. The normalized spacial score (nSPS) is 21.7. The Morgan fingerprint density at radius 3 is 2.62 bits per heavy atom. The molecule has 0 saturated carbocycles. The highest BCUT2D eigenvalue weighted by atomic mass is 16.6. The molecule has 5 nitrogen and oxygen atoms in total. The van der Waals surface area contributed by atoms with E-state index in [9.17, 15) is 0 Å². The molecule has 1 saturated heterocycles. The maximum Gasteiger partial charge on any atom is 0.163 e. The molecule has 2 heterocycles. The van der Waals surface area contributed by atoms with Gasteiger partial charge >= 0.3 is 0 Å². The number of hydrogen-bond donors (Lipinski definition) is 1. The van der Waals surface area contributed by atoms with E-state index in [2.05, 4.69) is 40.1 Å². The summed E-state index contributed by atoms with van der Waals surface area (Å²) in [6, 6.07) is 12.9. The summed E-state index contributed by atoms with van der Waals surface area (Å²) in [4.78, 5) is 5.09. The number of nitrogens with zero attached hydrogens (tertiary/aromatic N) is 2. The molecule has 2 aromatic rings. The highest BCUT2D eigenvalue weighted by Gasteiger charge is 2.23. The van der Waals surface area contributed by atoms with Gasteiger partial charge in [-0.2, -0.15) is 0 Å². The van der Waals surface area contributed by atoms with E-state index in [0.29, 0.717) is 19.1 Å². The minimum Gasteiger partial charge on any atom is -0.486 e. The molecule has 5 heteroatoms. The van der Waals surface area contributed by atoms with Crippen LogP contribution in [0.1, 0.15) is 36.3 Å². The van der Waals surface area contributed by atoms with Gasteiger partial charge in [0.1, 0.15) is 13.2 Å². The third kappa shape index (κ3) is 4.01. The highest BCUT2D eigenvalue weighted by Crippen LogP contribution is 2.36. The van der Waals surface area contributed by atoms with Gasteiger partial charge in [0.2, 0.25) is 0 Å². The zero-order chi connectivity index (χ0) is 19.6. The fourth-order valence-corrected chi connectivity index (χ4v) is 5.03. The van der Waals surface area contributed by atoms with E-state index >= 15 is 0 Å². The van der Waals surface area contributed by atoms with Gasteiger partial charge < -0.3 is 20.1 Å². The number of aryl methyl sites for hydroxylation is 1. The third-order valence-electron chi connectivity index (χ3n) is 6.66. The molecule has 1 unspecified atom stereocenters. The number of benzene rings is 2. The number of anilines is 2. The van der Waals surface area contributed by atoms with Crippen LogP contribution in [0.3, 0.4) is 0 Å². The topological polar surface area (TPSA) is 51.0 Å². The number of ether oxygens (including phenoxy) is 2. The summed E-state index contributed by atoms with van der Waals surface area (Å²) in [7, 11) is 0. The first-order chi connectivity index (χ1) is 14.3. The number of piperazine rings is 1. The number of fused-ring (bicyclic) bond motifs is 2. The third-order valence-corrected chi connectivity index (χ3v) is 6.66. The van der Waals surface area contributed by atoms with Gasteiger partial charge in [0.05, 0.1) is 0 Å². The summed E-state index contributed by atoms with van der Waals surface area (Å²) in [5.74, 6) is 2.44. The Morgan fingerprint density at radius 2 is 1.76 bits per heavy atom. The summed E-state index contributed by atoms with van der Waals surface area (Å²) < 4.78 is 11.4. The van der Waals surface area contributed by atoms with Gasteiger partial charge in [0.25, 0.3) is 0 Å². The average molecular weight is 394 g/mol. The fraction of sp³-hybridized carbons (Fsp3) is 0.500. The Bertz CT molecular complexity index is 861. The van der Waals surface area contributed by atoms with Gasteiger partial charge in [0, 0.05) is 43.6 Å². The van der Waals surface area contributed by atoms with Crippen LogP contribution in [0.5, 0.6) is 11.5 Å². The molecule has 154 valence electrons. The van der Waals surface area contributed by atoms with E-state index in [-0.39, 0.29) is 0 Å². The first kappa shape index (κ1) is 18.6. The van der Waals surface area contributed by atoms with Crippen molar-refractivity contribution < 1.29 is 9.47 Å². The van der Waals surface area contributed by atoms with Gasteiger partial charge in [-0.3, -0.25) is 4.90 Å². The molecule has 1 aliphatic carbocycles. The zero-order valence-corrected chi connectivity index (χ0v) is 17.1. The second kappa shape index (κ2) is 8.15. The van der Waals surface area contributed by atoms with Crippen molar-refractivity contribution in [1.82, 2.24) is 4.90 Å². The van der Waals surface area contributed by atoms with Crippen LogP contribution in [0.2, 0.25) is 0 Å². The fourth-order valence-electron chi connectivity index (χ4n) is 5.03. The number of hydrogen-bond acceptors (Lipinski definition) is 5. The van der Waals surface area contributed by atoms with Crippen LogP contribution < -0.4 is 20.1 Å². The van der Waals surface area contributed by atoms with Crippen molar-refractivity contribution in [1.29, 1.82) is 0 Å². The Balaban J connectivity index is 1.15. The largest absolute Gasteiger partial charge is 0.486 e. The molecule has 1 fully saturated rings. The second-order valence-electron chi connectivity index (χ2n) is 8.49. The lowest BCUT2D eigenvalue weighted by Gasteiger charge is -2.37. The van der Waals surface area contributed by atoms with Gasteiger partial charge in [-0.1, -0.05) is 6.07 Å². The van der Waals surface area contributed by atoms with Crippen LogP contribution in [-0.2, 0) is 6.42 Å².